The van der Waals surface area contributed by atoms with Gasteiger partial charge < -0.3 is 15.4 Å². The largest absolute Gasteiger partial charge is 0.469 e. The first-order chi connectivity index (χ1) is 10.1. The second-order valence-electron chi connectivity index (χ2n) is 4.89. The Labute approximate surface area is 129 Å². The molecule has 0 saturated carbocycles. The molecule has 0 radical (unpaired) electrons. The first-order valence-corrected chi connectivity index (χ1v) is 7.31. The molecule has 0 unspecified atom stereocenters. The van der Waals surface area contributed by atoms with E-state index in [0.717, 1.165) is 44.1 Å². The highest BCUT2D eigenvalue weighted by Crippen LogP contribution is 2.18. The molecule has 1 saturated heterocycles. The number of hydrogen-bond donors (Lipinski definition) is 1. The lowest BCUT2D eigenvalue weighted by Crippen LogP contribution is -2.47. The van der Waals surface area contributed by atoms with Gasteiger partial charge in [-0.3, -0.25) is 9.69 Å². The molecule has 0 bridgehead atoms. The SMILES string of the molecule is COC(=O)CCN1CCN(c2ncccc2C(N)=S)CC1. The molecule has 6 nitrogen and oxygen atoms in total. The van der Waals surface area contributed by atoms with Crippen molar-refractivity contribution >= 4 is 29.0 Å². The van der Waals surface area contributed by atoms with Gasteiger partial charge in [0, 0.05) is 38.9 Å². The summed E-state index contributed by atoms with van der Waals surface area (Å²) in [6.45, 7) is 4.17. The molecule has 2 heterocycles. The number of rotatable bonds is 5. The van der Waals surface area contributed by atoms with Crippen LogP contribution in [0.15, 0.2) is 18.3 Å². The highest BCUT2D eigenvalue weighted by molar-refractivity contribution is 7.80. The van der Waals surface area contributed by atoms with Crippen molar-refractivity contribution in [3.8, 4) is 0 Å². The normalized spacial score (nSPS) is 15.8. The highest BCUT2D eigenvalue weighted by atomic mass is 32.1. The van der Waals surface area contributed by atoms with Gasteiger partial charge in [-0.2, -0.15) is 0 Å². The maximum Gasteiger partial charge on any atom is 0.306 e. The number of esters is 1. The van der Waals surface area contributed by atoms with Gasteiger partial charge in [0.2, 0.25) is 0 Å². The van der Waals surface area contributed by atoms with Gasteiger partial charge in [-0.15, -0.1) is 0 Å². The van der Waals surface area contributed by atoms with E-state index in [1.807, 2.05) is 12.1 Å². The number of thiocarbonyl (C=S) groups is 1. The lowest BCUT2D eigenvalue weighted by Gasteiger charge is -2.35. The molecule has 1 fully saturated rings. The van der Waals surface area contributed by atoms with Crippen LogP contribution >= 0.6 is 12.2 Å². The quantitative estimate of drug-likeness (QED) is 0.623. The Bertz CT molecular complexity index is 515. The molecular formula is C14H20N4O2S. The van der Waals surface area contributed by atoms with Crippen molar-refractivity contribution in [1.29, 1.82) is 0 Å². The monoisotopic (exact) mass is 308 g/mol. The molecule has 1 aromatic rings. The summed E-state index contributed by atoms with van der Waals surface area (Å²) in [6.07, 6.45) is 2.18. The first-order valence-electron chi connectivity index (χ1n) is 6.90. The van der Waals surface area contributed by atoms with Crippen molar-refractivity contribution in [2.45, 2.75) is 6.42 Å². The molecule has 2 rings (SSSR count). The molecular weight excluding hydrogens is 288 g/mol. The predicted molar refractivity (Wildman–Crippen MR) is 85.4 cm³/mol. The topological polar surface area (TPSA) is 71.7 Å². The zero-order valence-electron chi connectivity index (χ0n) is 12.1. The lowest BCUT2D eigenvalue weighted by atomic mass is 10.2. The third-order valence-electron chi connectivity index (χ3n) is 3.58. The fraction of sp³-hybridized carbons (Fsp3) is 0.500. The molecule has 0 aliphatic carbocycles. The van der Waals surface area contributed by atoms with E-state index in [1.165, 1.54) is 7.11 Å². The Balaban J connectivity index is 1.92. The van der Waals surface area contributed by atoms with Crippen LogP contribution < -0.4 is 10.6 Å². The molecule has 0 aromatic carbocycles. The van der Waals surface area contributed by atoms with E-state index in [-0.39, 0.29) is 5.97 Å². The summed E-state index contributed by atoms with van der Waals surface area (Å²) < 4.78 is 4.66. The Hall–Kier alpha value is -1.73. The number of nitrogens with two attached hydrogens (primary N) is 1. The summed E-state index contributed by atoms with van der Waals surface area (Å²) >= 11 is 5.07. The highest BCUT2D eigenvalue weighted by Gasteiger charge is 2.21. The van der Waals surface area contributed by atoms with E-state index < -0.39 is 0 Å². The summed E-state index contributed by atoms with van der Waals surface area (Å²) in [5.41, 5.74) is 6.56. The third kappa shape index (κ3) is 4.12. The minimum Gasteiger partial charge on any atom is -0.469 e. The van der Waals surface area contributed by atoms with E-state index in [1.54, 1.807) is 6.20 Å². The Morgan fingerprint density at radius 2 is 2.14 bits per heavy atom. The molecule has 1 aliphatic heterocycles. The van der Waals surface area contributed by atoms with E-state index >= 15 is 0 Å². The Morgan fingerprint density at radius 1 is 1.43 bits per heavy atom. The number of ether oxygens (including phenoxy) is 1. The molecule has 1 aliphatic rings. The molecule has 1 aromatic heterocycles. The van der Waals surface area contributed by atoms with Crippen LogP contribution in [0.1, 0.15) is 12.0 Å². The fourth-order valence-corrected chi connectivity index (χ4v) is 2.54. The number of carbonyl (C=O) groups excluding carboxylic acids is 1. The summed E-state index contributed by atoms with van der Waals surface area (Å²) in [6, 6.07) is 3.74. The first kappa shape index (κ1) is 15.7. The summed E-state index contributed by atoms with van der Waals surface area (Å²) in [5, 5.41) is 0. The maximum atomic E-state index is 11.2. The predicted octanol–water partition coefficient (Wildman–Crippen LogP) is 0.401. The van der Waals surface area contributed by atoms with Gasteiger partial charge in [0.05, 0.1) is 19.1 Å². The summed E-state index contributed by atoms with van der Waals surface area (Å²) in [4.78, 5) is 20.4. The van der Waals surface area contributed by atoms with Crippen LogP contribution in [0.3, 0.4) is 0 Å². The molecule has 7 heteroatoms. The van der Waals surface area contributed by atoms with Crippen LogP contribution in [0.2, 0.25) is 0 Å². The molecule has 21 heavy (non-hydrogen) atoms. The van der Waals surface area contributed by atoms with E-state index in [0.29, 0.717) is 11.4 Å². The van der Waals surface area contributed by atoms with Gasteiger partial charge in [-0.05, 0) is 12.1 Å². The Kier molecular flexibility index (Phi) is 5.46. The second-order valence-corrected chi connectivity index (χ2v) is 5.33. The maximum absolute atomic E-state index is 11.2. The van der Waals surface area contributed by atoms with Crippen LogP contribution in [0.5, 0.6) is 0 Å². The van der Waals surface area contributed by atoms with Gasteiger partial charge >= 0.3 is 5.97 Å². The van der Waals surface area contributed by atoms with E-state index in [2.05, 4.69) is 19.5 Å². The lowest BCUT2D eigenvalue weighted by molar-refractivity contribution is -0.141. The fourth-order valence-electron chi connectivity index (χ4n) is 2.38. The molecule has 114 valence electrons. The number of pyridine rings is 1. The van der Waals surface area contributed by atoms with Gasteiger partial charge in [-0.25, -0.2) is 4.98 Å². The van der Waals surface area contributed by atoms with Crippen molar-refractivity contribution in [3.63, 3.8) is 0 Å². The summed E-state index contributed by atoms with van der Waals surface area (Å²) in [5.74, 6) is 0.676. The number of anilines is 1. The zero-order chi connectivity index (χ0) is 15.2. The minimum atomic E-state index is -0.169. The number of methoxy groups -OCH3 is 1. The van der Waals surface area contributed by atoms with Crippen LogP contribution in [0.4, 0.5) is 5.82 Å². The molecule has 0 amide bonds. The smallest absolute Gasteiger partial charge is 0.306 e. The van der Waals surface area contributed by atoms with Crippen LogP contribution in [0.25, 0.3) is 0 Å². The van der Waals surface area contributed by atoms with Crippen molar-refractivity contribution < 1.29 is 9.53 Å². The standard InChI is InChI=1S/C14H20N4O2S/c1-20-12(19)4-6-17-7-9-18(10-8-17)14-11(13(15)21)3-2-5-16-14/h2-3,5H,4,6-10H2,1H3,(H2,15,21). The number of carbonyl (C=O) groups is 1. The van der Waals surface area contributed by atoms with Crippen molar-refractivity contribution in [2.24, 2.45) is 5.73 Å². The van der Waals surface area contributed by atoms with Crippen LogP contribution in [-0.2, 0) is 9.53 Å². The number of piperazine rings is 1. The number of nitrogens with zero attached hydrogens (tertiary/aromatic N) is 3. The molecule has 0 spiro atoms. The van der Waals surface area contributed by atoms with Gasteiger partial charge in [0.1, 0.15) is 10.8 Å². The van der Waals surface area contributed by atoms with Crippen molar-refractivity contribution in [3.05, 3.63) is 23.9 Å². The average molecular weight is 308 g/mol. The van der Waals surface area contributed by atoms with E-state index in [9.17, 15) is 4.79 Å². The van der Waals surface area contributed by atoms with Gasteiger partial charge in [0.25, 0.3) is 0 Å². The minimum absolute atomic E-state index is 0.169. The van der Waals surface area contributed by atoms with Crippen molar-refractivity contribution in [2.75, 3.05) is 44.7 Å². The van der Waals surface area contributed by atoms with E-state index in [4.69, 9.17) is 18.0 Å². The third-order valence-corrected chi connectivity index (χ3v) is 3.80. The van der Waals surface area contributed by atoms with Crippen LogP contribution in [-0.4, -0.2) is 60.7 Å². The Morgan fingerprint density at radius 3 is 2.76 bits per heavy atom. The van der Waals surface area contributed by atoms with Gasteiger partial charge in [0.15, 0.2) is 0 Å². The average Bonchev–Trinajstić information content (AvgIpc) is 2.53. The zero-order valence-corrected chi connectivity index (χ0v) is 12.9. The van der Waals surface area contributed by atoms with Crippen molar-refractivity contribution in [1.82, 2.24) is 9.88 Å². The second kappa shape index (κ2) is 7.33. The summed E-state index contributed by atoms with van der Waals surface area (Å²) in [7, 11) is 1.42. The number of aromatic nitrogens is 1. The molecule has 0 atom stereocenters. The molecule has 2 N–H and O–H groups in total. The van der Waals surface area contributed by atoms with Gasteiger partial charge in [-0.1, -0.05) is 12.2 Å². The van der Waals surface area contributed by atoms with Crippen LogP contribution in [0, 0.1) is 0 Å². The number of hydrogen-bond acceptors (Lipinski definition) is 6.